The van der Waals surface area contributed by atoms with Crippen LogP contribution < -0.4 is 15.4 Å². The summed E-state index contributed by atoms with van der Waals surface area (Å²) >= 11 is 0.482. The second-order valence-electron chi connectivity index (χ2n) is 11.4. The van der Waals surface area contributed by atoms with Gasteiger partial charge in [0.1, 0.15) is 21.3 Å². The molecule has 0 heterocycles. The highest BCUT2D eigenvalue weighted by Gasteiger charge is 2.21. The van der Waals surface area contributed by atoms with Crippen LogP contribution >= 0.6 is 12.0 Å². The molecule has 0 atom stereocenters. The Morgan fingerprint density at radius 3 is 1.44 bits per heavy atom. The highest BCUT2D eigenvalue weighted by molar-refractivity contribution is 7.94. The third-order valence-corrected chi connectivity index (χ3v) is 11.0. The summed E-state index contributed by atoms with van der Waals surface area (Å²) in [6, 6.07) is 24.4. The van der Waals surface area contributed by atoms with E-state index in [0.29, 0.717) is 40.7 Å². The van der Waals surface area contributed by atoms with E-state index in [-0.39, 0.29) is 37.9 Å². The van der Waals surface area contributed by atoms with Gasteiger partial charge in [-0.15, -0.1) is 4.33 Å². The maximum Gasteiger partial charge on any atom is 0.295 e. The SMILES string of the molecule is O=C(Nc1ccc2c(S(=O)(=O)O)cc(SOOO)cc2c1)c1ccc(Oc2ccc(C(=O)Nc3ccc4c(S(=O)(=O)O)cc(S(=O)(=O)O)cc4c3)cc2)cc1. The Labute approximate surface area is 315 Å². The molecule has 0 bridgehead atoms. The molecule has 6 N–H and O–H groups in total. The molecule has 21 heteroatoms. The fourth-order valence-electron chi connectivity index (χ4n) is 5.34. The molecule has 0 radical (unpaired) electrons. The number of carbonyl (C=O) groups excluding carboxylic acids is 2. The van der Waals surface area contributed by atoms with Crippen LogP contribution in [0.25, 0.3) is 21.5 Å². The summed E-state index contributed by atoms with van der Waals surface area (Å²) in [5, 5.41) is 17.7. The van der Waals surface area contributed by atoms with Crippen molar-refractivity contribution in [3.05, 3.63) is 120 Å². The van der Waals surface area contributed by atoms with Gasteiger partial charge >= 0.3 is 0 Å². The minimum atomic E-state index is -4.87. The van der Waals surface area contributed by atoms with E-state index in [2.05, 4.69) is 20.0 Å². The monoisotopic (exact) mass is 828 g/mol. The first-order valence-electron chi connectivity index (χ1n) is 15.1. The summed E-state index contributed by atoms with van der Waals surface area (Å²) in [6.07, 6.45) is 0. The van der Waals surface area contributed by atoms with Crippen LogP contribution in [-0.2, 0) is 39.7 Å². The van der Waals surface area contributed by atoms with Crippen LogP contribution in [0, 0.1) is 0 Å². The zero-order valence-electron chi connectivity index (χ0n) is 27.3. The fraction of sp³-hybridized carbons (Fsp3) is 0. The van der Waals surface area contributed by atoms with Gasteiger partial charge in [-0.2, -0.15) is 25.3 Å². The molecule has 0 aromatic heterocycles. The molecular formula is C34H24N2O15S4. The van der Waals surface area contributed by atoms with Gasteiger partial charge < -0.3 is 15.4 Å². The number of nitrogens with one attached hydrogen (secondary N) is 2. The standard InChI is InChI=1S/C34H24N2O15S4/c37-33(35-23-5-11-29-21(13-23)15-27(52-51-50-39)17-31(29)54(43,44)45)19-1-7-25(8-2-19)49-26-9-3-20(4-10-26)34(38)36-24-6-12-30-22(14-24)16-28(53(40,41)42)18-32(30)55(46,47)48/h1-18,39H,(H,35,37)(H,36,38)(H,40,41,42)(H,43,44,45)(H,46,47,48). The van der Waals surface area contributed by atoms with Gasteiger partial charge in [-0.25, -0.2) is 5.26 Å². The number of amides is 2. The lowest BCUT2D eigenvalue weighted by Crippen LogP contribution is -2.12. The second-order valence-corrected chi connectivity index (χ2v) is 16.4. The van der Waals surface area contributed by atoms with E-state index < -0.39 is 56.9 Å². The molecule has 0 aliphatic heterocycles. The minimum Gasteiger partial charge on any atom is -0.457 e. The Morgan fingerprint density at radius 2 is 1.00 bits per heavy atom. The summed E-state index contributed by atoms with van der Waals surface area (Å²) in [5.74, 6) is -0.412. The smallest absolute Gasteiger partial charge is 0.295 e. The number of benzene rings is 6. The van der Waals surface area contributed by atoms with E-state index in [4.69, 9.17) is 9.99 Å². The summed E-state index contributed by atoms with van der Waals surface area (Å²) in [4.78, 5) is 24.2. The van der Waals surface area contributed by atoms with Gasteiger partial charge in [-0.3, -0.25) is 23.2 Å². The molecular weight excluding hydrogens is 805 g/mol. The average Bonchev–Trinajstić information content (AvgIpc) is 3.12. The number of fused-ring (bicyclic) bond motifs is 2. The third-order valence-electron chi connectivity index (χ3n) is 7.78. The highest BCUT2D eigenvalue weighted by atomic mass is 32.2. The molecule has 6 rings (SSSR count). The van der Waals surface area contributed by atoms with Crippen LogP contribution in [0.1, 0.15) is 20.7 Å². The first-order chi connectivity index (χ1) is 25.9. The van der Waals surface area contributed by atoms with Crippen LogP contribution in [0.3, 0.4) is 0 Å². The summed E-state index contributed by atoms with van der Waals surface area (Å²) in [6.45, 7) is 0. The molecule has 0 unspecified atom stereocenters. The van der Waals surface area contributed by atoms with Crippen molar-refractivity contribution in [2.45, 2.75) is 19.6 Å². The van der Waals surface area contributed by atoms with Crippen molar-refractivity contribution >= 4 is 87.1 Å². The summed E-state index contributed by atoms with van der Waals surface area (Å²) in [7, 11) is -14.4. The Hall–Kier alpha value is -5.46. The van der Waals surface area contributed by atoms with E-state index in [1.54, 1.807) is 0 Å². The topological polar surface area (TPSA) is 269 Å². The third kappa shape index (κ3) is 9.26. The predicted octanol–water partition coefficient (Wildman–Crippen LogP) is 6.46. The summed E-state index contributed by atoms with van der Waals surface area (Å²) < 4.78 is 110. The van der Waals surface area contributed by atoms with Crippen molar-refractivity contribution in [1.29, 1.82) is 0 Å². The van der Waals surface area contributed by atoms with Crippen LogP contribution in [-0.4, -0.2) is 56.0 Å². The lowest BCUT2D eigenvalue weighted by molar-refractivity contribution is -0.432. The number of hydrogen-bond donors (Lipinski definition) is 6. The molecule has 0 spiro atoms. The van der Waals surface area contributed by atoms with Crippen molar-refractivity contribution in [3.8, 4) is 11.5 Å². The van der Waals surface area contributed by atoms with Crippen molar-refractivity contribution in [1.82, 2.24) is 0 Å². The largest absolute Gasteiger partial charge is 0.457 e. The van der Waals surface area contributed by atoms with Crippen LogP contribution in [0.15, 0.2) is 129 Å². The Morgan fingerprint density at radius 1 is 0.545 bits per heavy atom. The Kier molecular flexibility index (Phi) is 11.0. The van der Waals surface area contributed by atoms with E-state index in [9.17, 15) is 48.5 Å². The zero-order valence-corrected chi connectivity index (χ0v) is 30.6. The van der Waals surface area contributed by atoms with Gasteiger partial charge in [-0.05, 0) is 108 Å². The molecule has 0 saturated carbocycles. The molecule has 55 heavy (non-hydrogen) atoms. The molecule has 6 aromatic rings. The molecule has 0 aliphatic carbocycles. The normalized spacial score (nSPS) is 12.1. The molecule has 0 aliphatic rings. The van der Waals surface area contributed by atoms with Gasteiger partial charge in [0.15, 0.2) is 0 Å². The van der Waals surface area contributed by atoms with E-state index in [1.165, 1.54) is 91.0 Å². The number of hydrogen-bond acceptors (Lipinski definition) is 13. The second kappa shape index (κ2) is 15.3. The van der Waals surface area contributed by atoms with Gasteiger partial charge in [0, 0.05) is 38.2 Å². The van der Waals surface area contributed by atoms with Crippen LogP contribution in [0.2, 0.25) is 0 Å². The van der Waals surface area contributed by atoms with E-state index in [0.717, 1.165) is 12.1 Å². The van der Waals surface area contributed by atoms with Gasteiger partial charge in [0.2, 0.25) is 0 Å². The first-order valence-corrected chi connectivity index (χ1v) is 20.2. The number of carbonyl (C=O) groups is 2. The van der Waals surface area contributed by atoms with Crippen molar-refractivity contribution in [2.75, 3.05) is 10.6 Å². The highest BCUT2D eigenvalue weighted by Crippen LogP contribution is 2.33. The molecule has 17 nitrogen and oxygen atoms in total. The number of ether oxygens (including phenoxy) is 1. The summed E-state index contributed by atoms with van der Waals surface area (Å²) in [5.41, 5.74) is 0.877. The van der Waals surface area contributed by atoms with E-state index >= 15 is 0 Å². The lowest BCUT2D eigenvalue weighted by Gasteiger charge is -2.11. The lowest BCUT2D eigenvalue weighted by atomic mass is 10.1. The average molecular weight is 829 g/mol. The molecule has 0 fully saturated rings. The molecule has 2 amide bonds. The number of anilines is 2. The van der Waals surface area contributed by atoms with Gasteiger partial charge in [0.25, 0.3) is 42.2 Å². The van der Waals surface area contributed by atoms with Gasteiger partial charge in [0.05, 0.1) is 16.9 Å². The van der Waals surface area contributed by atoms with Gasteiger partial charge in [-0.1, -0.05) is 17.2 Å². The quantitative estimate of drug-likeness (QED) is 0.0334. The fourth-order valence-corrected chi connectivity index (χ4v) is 7.96. The molecule has 284 valence electrons. The molecule has 0 saturated heterocycles. The molecule has 6 aromatic carbocycles. The maximum atomic E-state index is 13.0. The van der Waals surface area contributed by atoms with Crippen LogP contribution in [0.4, 0.5) is 11.4 Å². The van der Waals surface area contributed by atoms with Crippen molar-refractivity contribution in [3.63, 3.8) is 0 Å². The Balaban J connectivity index is 1.11. The van der Waals surface area contributed by atoms with E-state index in [1.807, 2.05) is 0 Å². The zero-order chi connectivity index (χ0) is 39.7. The first kappa shape index (κ1) is 39.2. The predicted molar refractivity (Wildman–Crippen MR) is 197 cm³/mol. The van der Waals surface area contributed by atoms with Crippen LogP contribution in [0.5, 0.6) is 11.5 Å². The maximum absolute atomic E-state index is 13.0. The number of rotatable bonds is 12. The van der Waals surface area contributed by atoms with Crippen molar-refractivity contribution < 1.29 is 67.9 Å². The Bertz CT molecular complexity index is 2830. The minimum absolute atomic E-state index is 0.00544. The van der Waals surface area contributed by atoms with Crippen molar-refractivity contribution in [2.24, 2.45) is 0 Å².